The van der Waals surface area contributed by atoms with Crippen LogP contribution in [0.25, 0.3) is 16.6 Å². The van der Waals surface area contributed by atoms with Gasteiger partial charge in [-0.15, -0.1) is 0 Å². The van der Waals surface area contributed by atoms with Gasteiger partial charge in [0, 0.05) is 12.0 Å². The predicted octanol–water partition coefficient (Wildman–Crippen LogP) is 2.04. The Balaban J connectivity index is 2.00. The Morgan fingerprint density at radius 3 is 2.96 bits per heavy atom. The molecule has 1 aromatic carbocycles. The first-order valence-electron chi connectivity index (χ1n) is 8.16. The minimum atomic E-state index is -0.0841. The first kappa shape index (κ1) is 14.3. The van der Waals surface area contributed by atoms with E-state index in [1.165, 1.54) is 0 Å². The standard InChI is InChI=1S/C17H20N4O2/c1-2-23-14-5-3-4-12-16(14)17-19-15(22)10-13(21(17)20-12)11-6-8-18-9-7-11/h3-5,10-11,18H,2,6-9H2,1H3,(H,19,22). The van der Waals surface area contributed by atoms with Crippen molar-refractivity contribution in [3.05, 3.63) is 40.3 Å². The molecule has 6 nitrogen and oxygen atoms in total. The fraction of sp³-hybridized carbons (Fsp3) is 0.412. The topological polar surface area (TPSA) is 71.4 Å². The third-order valence-electron chi connectivity index (χ3n) is 4.48. The minimum absolute atomic E-state index is 0.0841. The van der Waals surface area contributed by atoms with Crippen molar-refractivity contribution in [2.75, 3.05) is 19.7 Å². The highest BCUT2D eigenvalue weighted by atomic mass is 16.5. The summed E-state index contributed by atoms with van der Waals surface area (Å²) >= 11 is 0. The Kier molecular flexibility index (Phi) is 3.53. The maximum atomic E-state index is 12.2. The van der Waals surface area contributed by atoms with E-state index >= 15 is 0 Å². The molecular weight excluding hydrogens is 292 g/mol. The number of piperidine rings is 1. The quantitative estimate of drug-likeness (QED) is 0.776. The molecule has 0 amide bonds. The van der Waals surface area contributed by atoms with Gasteiger partial charge in [-0.3, -0.25) is 4.79 Å². The van der Waals surface area contributed by atoms with Crippen molar-refractivity contribution in [2.45, 2.75) is 25.7 Å². The second kappa shape index (κ2) is 5.70. The number of benzene rings is 1. The molecule has 23 heavy (non-hydrogen) atoms. The van der Waals surface area contributed by atoms with Gasteiger partial charge in [0.1, 0.15) is 11.4 Å². The summed E-state index contributed by atoms with van der Waals surface area (Å²) in [6, 6.07) is 7.50. The van der Waals surface area contributed by atoms with Gasteiger partial charge in [0.2, 0.25) is 0 Å². The van der Waals surface area contributed by atoms with Gasteiger partial charge in [-0.25, -0.2) is 4.52 Å². The van der Waals surface area contributed by atoms with E-state index in [1.807, 2.05) is 29.6 Å². The van der Waals surface area contributed by atoms with Crippen LogP contribution in [0.15, 0.2) is 29.1 Å². The molecule has 0 spiro atoms. The zero-order valence-electron chi connectivity index (χ0n) is 13.1. The van der Waals surface area contributed by atoms with Crippen LogP contribution in [-0.4, -0.2) is 34.3 Å². The van der Waals surface area contributed by atoms with Crippen LogP contribution in [0.5, 0.6) is 5.75 Å². The van der Waals surface area contributed by atoms with E-state index in [2.05, 4.69) is 10.3 Å². The number of rotatable bonds is 3. The summed E-state index contributed by atoms with van der Waals surface area (Å²) in [5, 5.41) is 8.96. The Labute approximate surface area is 133 Å². The van der Waals surface area contributed by atoms with Gasteiger partial charge in [0.05, 0.1) is 23.2 Å². The van der Waals surface area contributed by atoms with E-state index in [-0.39, 0.29) is 5.56 Å². The highest BCUT2D eigenvalue weighted by molar-refractivity contribution is 5.97. The lowest BCUT2D eigenvalue weighted by atomic mass is 9.94. The fourth-order valence-electron chi connectivity index (χ4n) is 3.44. The molecular formula is C17H20N4O2. The van der Waals surface area contributed by atoms with E-state index in [0.29, 0.717) is 12.5 Å². The molecule has 2 N–H and O–H groups in total. The lowest BCUT2D eigenvalue weighted by Gasteiger charge is -2.23. The molecule has 1 aliphatic heterocycles. The lowest BCUT2D eigenvalue weighted by molar-refractivity contribution is 0.344. The number of fused-ring (bicyclic) bond motifs is 3. The summed E-state index contributed by atoms with van der Waals surface area (Å²) in [5.74, 6) is 1.11. The number of ether oxygens (including phenoxy) is 1. The van der Waals surface area contributed by atoms with Gasteiger partial charge in [-0.05, 0) is 45.0 Å². The number of aromatic amines is 1. The third-order valence-corrected chi connectivity index (χ3v) is 4.48. The van der Waals surface area contributed by atoms with E-state index in [0.717, 1.165) is 53.9 Å². The normalized spacial score (nSPS) is 16.2. The van der Waals surface area contributed by atoms with Crippen molar-refractivity contribution >= 4 is 16.6 Å². The summed E-state index contributed by atoms with van der Waals surface area (Å²) in [7, 11) is 0. The zero-order valence-corrected chi connectivity index (χ0v) is 13.1. The van der Waals surface area contributed by atoms with E-state index in [9.17, 15) is 4.79 Å². The van der Waals surface area contributed by atoms with E-state index < -0.39 is 0 Å². The summed E-state index contributed by atoms with van der Waals surface area (Å²) in [5.41, 5.74) is 2.47. The van der Waals surface area contributed by atoms with Crippen LogP contribution in [0.4, 0.5) is 0 Å². The van der Waals surface area contributed by atoms with Crippen LogP contribution in [-0.2, 0) is 0 Å². The number of nitrogens with one attached hydrogen (secondary N) is 2. The largest absolute Gasteiger partial charge is 0.493 e. The molecule has 3 aromatic rings. The SMILES string of the molecule is CCOc1cccc2nn3c(C4CCNCC4)cc(=O)[nH]c3c12. The van der Waals surface area contributed by atoms with Crippen molar-refractivity contribution in [2.24, 2.45) is 0 Å². The van der Waals surface area contributed by atoms with Gasteiger partial charge in [-0.1, -0.05) is 6.07 Å². The van der Waals surface area contributed by atoms with Crippen LogP contribution in [0.3, 0.4) is 0 Å². The lowest BCUT2D eigenvalue weighted by Crippen LogP contribution is -2.28. The van der Waals surface area contributed by atoms with Gasteiger partial charge >= 0.3 is 0 Å². The molecule has 1 saturated heterocycles. The smallest absolute Gasteiger partial charge is 0.251 e. The van der Waals surface area contributed by atoms with E-state index in [1.54, 1.807) is 6.07 Å². The third kappa shape index (κ3) is 2.39. The summed E-state index contributed by atoms with van der Waals surface area (Å²) in [6.45, 7) is 4.48. The van der Waals surface area contributed by atoms with Crippen LogP contribution >= 0.6 is 0 Å². The molecule has 1 aliphatic rings. The average molecular weight is 312 g/mol. The maximum absolute atomic E-state index is 12.2. The van der Waals surface area contributed by atoms with Crippen LogP contribution in [0.1, 0.15) is 31.4 Å². The van der Waals surface area contributed by atoms with Gasteiger partial charge in [-0.2, -0.15) is 5.10 Å². The molecule has 120 valence electrons. The Morgan fingerprint density at radius 1 is 1.35 bits per heavy atom. The van der Waals surface area contributed by atoms with Crippen LogP contribution in [0.2, 0.25) is 0 Å². The van der Waals surface area contributed by atoms with Gasteiger partial charge in [0.15, 0.2) is 0 Å². The van der Waals surface area contributed by atoms with Crippen molar-refractivity contribution < 1.29 is 4.74 Å². The number of hydrogen-bond donors (Lipinski definition) is 2. The first-order chi connectivity index (χ1) is 11.3. The van der Waals surface area contributed by atoms with Crippen molar-refractivity contribution in [1.29, 1.82) is 0 Å². The van der Waals surface area contributed by atoms with Crippen molar-refractivity contribution in [3.8, 4) is 5.75 Å². The first-order valence-corrected chi connectivity index (χ1v) is 8.16. The molecule has 4 rings (SSSR count). The molecule has 0 bridgehead atoms. The maximum Gasteiger partial charge on any atom is 0.251 e. The average Bonchev–Trinajstić information content (AvgIpc) is 2.94. The highest BCUT2D eigenvalue weighted by Gasteiger charge is 2.21. The second-order valence-electron chi connectivity index (χ2n) is 5.93. The minimum Gasteiger partial charge on any atom is -0.493 e. The summed E-state index contributed by atoms with van der Waals surface area (Å²) in [4.78, 5) is 15.1. The Bertz CT molecular complexity index is 906. The number of aromatic nitrogens is 3. The van der Waals surface area contributed by atoms with Gasteiger partial charge < -0.3 is 15.0 Å². The summed E-state index contributed by atoms with van der Waals surface area (Å²) in [6.07, 6.45) is 2.04. The molecule has 0 saturated carbocycles. The molecule has 0 radical (unpaired) electrons. The number of nitrogens with zero attached hydrogens (tertiary/aromatic N) is 2. The molecule has 0 atom stereocenters. The van der Waals surface area contributed by atoms with Crippen molar-refractivity contribution in [3.63, 3.8) is 0 Å². The second-order valence-corrected chi connectivity index (χ2v) is 5.93. The predicted molar refractivity (Wildman–Crippen MR) is 89.3 cm³/mol. The molecule has 2 aromatic heterocycles. The van der Waals surface area contributed by atoms with Crippen molar-refractivity contribution in [1.82, 2.24) is 19.9 Å². The molecule has 0 unspecified atom stereocenters. The van der Waals surface area contributed by atoms with E-state index in [4.69, 9.17) is 9.84 Å². The number of H-pyrrole nitrogens is 1. The Hall–Kier alpha value is -2.34. The number of hydrogen-bond acceptors (Lipinski definition) is 4. The van der Waals surface area contributed by atoms with Crippen LogP contribution in [0, 0.1) is 0 Å². The van der Waals surface area contributed by atoms with Gasteiger partial charge in [0.25, 0.3) is 5.56 Å². The Morgan fingerprint density at radius 2 is 2.17 bits per heavy atom. The highest BCUT2D eigenvalue weighted by Crippen LogP contribution is 2.31. The molecule has 3 heterocycles. The molecule has 1 fully saturated rings. The zero-order chi connectivity index (χ0) is 15.8. The summed E-state index contributed by atoms with van der Waals surface area (Å²) < 4.78 is 7.62. The monoisotopic (exact) mass is 312 g/mol. The molecule has 6 heteroatoms. The molecule has 0 aliphatic carbocycles. The fourth-order valence-corrected chi connectivity index (χ4v) is 3.44. The van der Waals surface area contributed by atoms with Crippen LogP contribution < -0.4 is 15.6 Å².